The van der Waals surface area contributed by atoms with Crippen LogP contribution in [0, 0.1) is 0 Å². The molecule has 2 rings (SSSR count). The minimum Gasteiger partial charge on any atom is -0.294 e. The predicted octanol–water partition coefficient (Wildman–Crippen LogP) is 2.55. The molecule has 3 nitrogen and oxygen atoms in total. The fourth-order valence-electron chi connectivity index (χ4n) is 2.37. The molecule has 0 atom stereocenters. The molecular weight excluding hydrogens is 188 g/mol. The van der Waals surface area contributed by atoms with E-state index in [9.17, 15) is 4.79 Å². The highest BCUT2D eigenvalue weighted by atomic mass is 16.1. The highest BCUT2D eigenvalue weighted by molar-refractivity contribution is 5.99. The first-order chi connectivity index (χ1) is 7.15. The lowest BCUT2D eigenvalue weighted by molar-refractivity contribution is 0.0971. The van der Waals surface area contributed by atoms with Crippen LogP contribution in [0.5, 0.6) is 0 Å². The highest BCUT2D eigenvalue weighted by Gasteiger charge is 2.27. The van der Waals surface area contributed by atoms with E-state index in [1.54, 1.807) is 0 Å². The summed E-state index contributed by atoms with van der Waals surface area (Å²) in [6.07, 6.45) is 2.63. The zero-order valence-electron chi connectivity index (χ0n) is 9.71. The van der Waals surface area contributed by atoms with Crippen molar-refractivity contribution in [2.45, 2.75) is 52.5 Å². The summed E-state index contributed by atoms with van der Waals surface area (Å²) in [5.74, 6) is 0.669. The van der Waals surface area contributed by atoms with Crippen LogP contribution in [0.2, 0.25) is 0 Å². The van der Waals surface area contributed by atoms with Crippen molar-refractivity contribution < 1.29 is 4.79 Å². The lowest BCUT2D eigenvalue weighted by Gasteiger charge is -2.13. The van der Waals surface area contributed by atoms with E-state index in [2.05, 4.69) is 25.9 Å². The quantitative estimate of drug-likeness (QED) is 0.745. The molecule has 0 fully saturated rings. The van der Waals surface area contributed by atoms with Gasteiger partial charge >= 0.3 is 0 Å². The number of aryl methyl sites for hydroxylation is 2. The molecule has 1 aliphatic carbocycles. The molecule has 0 amide bonds. The topological polar surface area (TPSA) is 34.9 Å². The Labute approximate surface area is 90.5 Å². The van der Waals surface area contributed by atoms with Crippen molar-refractivity contribution in [3.63, 3.8) is 0 Å². The van der Waals surface area contributed by atoms with Crippen molar-refractivity contribution in [2.24, 2.45) is 0 Å². The Morgan fingerprint density at radius 2 is 2.13 bits per heavy atom. The number of hydrogen-bond donors (Lipinski definition) is 0. The number of Topliss-reactive ketones (excluding diaryl/α,β-unsaturated/α-hetero) is 1. The van der Waals surface area contributed by atoms with E-state index in [0.717, 1.165) is 36.3 Å². The maximum Gasteiger partial charge on any atom is 0.166 e. The second-order valence-electron chi connectivity index (χ2n) is 4.45. The Morgan fingerprint density at radius 3 is 2.73 bits per heavy atom. The molecule has 1 aromatic rings. The molecule has 0 saturated heterocycles. The van der Waals surface area contributed by atoms with E-state index in [1.165, 1.54) is 0 Å². The van der Waals surface area contributed by atoms with Gasteiger partial charge in [0.15, 0.2) is 5.78 Å². The van der Waals surface area contributed by atoms with Crippen LogP contribution < -0.4 is 0 Å². The minimum atomic E-state index is 0.291. The van der Waals surface area contributed by atoms with Crippen LogP contribution in [0.1, 0.15) is 61.3 Å². The van der Waals surface area contributed by atoms with Gasteiger partial charge in [-0.3, -0.25) is 9.48 Å². The molecule has 3 heteroatoms. The molecule has 1 aromatic heterocycles. The maximum absolute atomic E-state index is 11.9. The van der Waals surface area contributed by atoms with Crippen molar-refractivity contribution in [3.05, 3.63) is 17.0 Å². The first kappa shape index (κ1) is 10.4. The summed E-state index contributed by atoms with van der Waals surface area (Å²) < 4.78 is 2.00. The molecule has 0 bridgehead atoms. The first-order valence-electron chi connectivity index (χ1n) is 5.78. The van der Waals surface area contributed by atoms with E-state index in [-0.39, 0.29) is 0 Å². The van der Waals surface area contributed by atoms with Gasteiger partial charge in [0.25, 0.3) is 0 Å². The largest absolute Gasteiger partial charge is 0.294 e. The van der Waals surface area contributed by atoms with E-state index in [1.807, 2.05) is 4.68 Å². The average Bonchev–Trinajstić information content (AvgIpc) is 2.57. The van der Waals surface area contributed by atoms with Crippen LogP contribution in [-0.4, -0.2) is 15.6 Å². The van der Waals surface area contributed by atoms with Gasteiger partial charge < -0.3 is 0 Å². The van der Waals surface area contributed by atoms with Crippen LogP contribution in [0.4, 0.5) is 0 Å². The van der Waals surface area contributed by atoms with Gasteiger partial charge in [-0.25, -0.2) is 0 Å². The number of nitrogens with zero attached hydrogens (tertiary/aromatic N) is 2. The zero-order chi connectivity index (χ0) is 11.0. The van der Waals surface area contributed by atoms with Crippen LogP contribution >= 0.6 is 0 Å². The van der Waals surface area contributed by atoms with E-state index in [0.29, 0.717) is 18.1 Å². The number of carbonyl (C=O) groups is 1. The summed E-state index contributed by atoms with van der Waals surface area (Å²) in [4.78, 5) is 11.9. The summed E-state index contributed by atoms with van der Waals surface area (Å²) in [6.45, 7) is 7.19. The third kappa shape index (κ3) is 1.60. The Morgan fingerprint density at radius 1 is 1.40 bits per heavy atom. The summed E-state index contributed by atoms with van der Waals surface area (Å²) in [7, 11) is 0. The molecule has 0 aliphatic heterocycles. The third-order valence-corrected chi connectivity index (χ3v) is 3.01. The number of rotatable bonds is 2. The molecule has 0 saturated carbocycles. The molecule has 0 radical (unpaired) electrons. The molecule has 0 spiro atoms. The number of hydrogen-bond acceptors (Lipinski definition) is 2. The van der Waals surface area contributed by atoms with Crippen molar-refractivity contribution in [1.29, 1.82) is 0 Å². The zero-order valence-corrected chi connectivity index (χ0v) is 9.71. The predicted molar refractivity (Wildman–Crippen MR) is 59.3 cm³/mol. The lowest BCUT2D eigenvalue weighted by atomic mass is 9.91. The van der Waals surface area contributed by atoms with Crippen molar-refractivity contribution in [1.82, 2.24) is 9.78 Å². The standard InChI is InChI=1S/C12H18N2O/c1-4-14-12(8(2)3)11-9(13-14)6-5-7-10(11)15/h8H,4-7H2,1-3H3. The molecule has 0 aromatic carbocycles. The fourth-order valence-corrected chi connectivity index (χ4v) is 2.37. The summed E-state index contributed by atoms with van der Waals surface area (Å²) >= 11 is 0. The second-order valence-corrected chi connectivity index (χ2v) is 4.45. The van der Waals surface area contributed by atoms with Gasteiger partial charge in [0.2, 0.25) is 0 Å². The Balaban J connectivity index is 2.59. The Kier molecular flexibility index (Phi) is 2.63. The average molecular weight is 206 g/mol. The van der Waals surface area contributed by atoms with Crippen LogP contribution in [0.3, 0.4) is 0 Å². The molecule has 1 heterocycles. The van der Waals surface area contributed by atoms with E-state index in [4.69, 9.17) is 0 Å². The summed E-state index contributed by atoms with van der Waals surface area (Å²) in [5.41, 5.74) is 3.09. The van der Waals surface area contributed by atoms with E-state index < -0.39 is 0 Å². The van der Waals surface area contributed by atoms with Crippen molar-refractivity contribution >= 4 is 5.78 Å². The van der Waals surface area contributed by atoms with Gasteiger partial charge in [0, 0.05) is 13.0 Å². The third-order valence-electron chi connectivity index (χ3n) is 3.01. The van der Waals surface area contributed by atoms with Crippen LogP contribution in [0.15, 0.2) is 0 Å². The number of fused-ring (bicyclic) bond motifs is 1. The van der Waals surface area contributed by atoms with Gasteiger partial charge in [0.05, 0.1) is 17.0 Å². The fraction of sp³-hybridized carbons (Fsp3) is 0.667. The van der Waals surface area contributed by atoms with E-state index >= 15 is 0 Å². The number of aromatic nitrogens is 2. The molecule has 0 N–H and O–H groups in total. The van der Waals surface area contributed by atoms with Crippen LogP contribution in [-0.2, 0) is 13.0 Å². The first-order valence-corrected chi connectivity index (χ1v) is 5.78. The van der Waals surface area contributed by atoms with Gasteiger partial charge in [-0.15, -0.1) is 0 Å². The normalized spacial score (nSPS) is 15.9. The monoisotopic (exact) mass is 206 g/mol. The number of carbonyl (C=O) groups excluding carboxylic acids is 1. The molecule has 82 valence electrons. The molecule has 1 aliphatic rings. The Hall–Kier alpha value is -1.12. The molecule has 0 unspecified atom stereocenters. The molecular formula is C12H18N2O. The van der Waals surface area contributed by atoms with Gasteiger partial charge in [0.1, 0.15) is 0 Å². The second kappa shape index (κ2) is 3.80. The minimum absolute atomic E-state index is 0.291. The van der Waals surface area contributed by atoms with Gasteiger partial charge in [-0.1, -0.05) is 13.8 Å². The summed E-state index contributed by atoms with van der Waals surface area (Å²) in [5, 5.41) is 4.54. The number of ketones is 1. The SMILES string of the molecule is CCn1nc2c(c1C(C)C)C(=O)CCC2. The van der Waals surface area contributed by atoms with Gasteiger partial charge in [-0.05, 0) is 25.7 Å². The highest BCUT2D eigenvalue weighted by Crippen LogP contribution is 2.28. The molecule has 15 heavy (non-hydrogen) atoms. The summed E-state index contributed by atoms with van der Waals surface area (Å²) in [6, 6.07) is 0. The smallest absolute Gasteiger partial charge is 0.166 e. The Bertz CT molecular complexity index is 391. The maximum atomic E-state index is 11.9. The van der Waals surface area contributed by atoms with Crippen molar-refractivity contribution in [2.75, 3.05) is 0 Å². The van der Waals surface area contributed by atoms with Crippen LogP contribution in [0.25, 0.3) is 0 Å². The van der Waals surface area contributed by atoms with Gasteiger partial charge in [-0.2, -0.15) is 5.10 Å². The van der Waals surface area contributed by atoms with Crippen molar-refractivity contribution in [3.8, 4) is 0 Å². The lowest BCUT2D eigenvalue weighted by Crippen LogP contribution is -2.12.